The highest BCUT2D eigenvalue weighted by Crippen LogP contribution is 2.31. The van der Waals surface area contributed by atoms with Crippen molar-refractivity contribution >= 4 is 5.91 Å². The van der Waals surface area contributed by atoms with Crippen molar-refractivity contribution in [2.75, 3.05) is 34.4 Å². The Labute approximate surface area is 174 Å². The van der Waals surface area contributed by atoms with Gasteiger partial charge in [-0.15, -0.1) is 0 Å². The Bertz CT molecular complexity index is 791. The van der Waals surface area contributed by atoms with Crippen LogP contribution in [0.4, 0.5) is 0 Å². The first-order chi connectivity index (χ1) is 14.1. The lowest BCUT2D eigenvalue weighted by Gasteiger charge is -2.31. The summed E-state index contributed by atoms with van der Waals surface area (Å²) >= 11 is 0. The first-order valence-electron chi connectivity index (χ1n) is 10.4. The molecule has 0 aliphatic carbocycles. The van der Waals surface area contributed by atoms with Crippen LogP contribution < -0.4 is 9.47 Å². The second kappa shape index (κ2) is 10.3. The summed E-state index contributed by atoms with van der Waals surface area (Å²) in [5, 5.41) is 0. The van der Waals surface area contributed by atoms with Crippen molar-refractivity contribution in [3.8, 4) is 11.5 Å². The Morgan fingerprint density at radius 1 is 1.03 bits per heavy atom. The number of benzene rings is 2. The Hall–Kier alpha value is -2.53. The van der Waals surface area contributed by atoms with E-state index in [1.54, 1.807) is 19.1 Å². The number of methoxy groups -OCH3 is 2. The number of para-hydroxylation sites is 1. The zero-order valence-electron chi connectivity index (χ0n) is 17.8. The summed E-state index contributed by atoms with van der Waals surface area (Å²) in [5.74, 6) is 1.82. The average molecular weight is 397 g/mol. The van der Waals surface area contributed by atoms with E-state index in [1.807, 2.05) is 43.4 Å². The highest BCUT2D eigenvalue weighted by molar-refractivity contribution is 5.78. The second-order valence-electron chi connectivity index (χ2n) is 7.67. The molecular weight excluding hydrogens is 364 g/mol. The summed E-state index contributed by atoms with van der Waals surface area (Å²) in [6.07, 6.45) is 4.62. The number of carbonyl (C=O) groups is 1. The van der Waals surface area contributed by atoms with Gasteiger partial charge in [-0.05, 0) is 43.1 Å². The van der Waals surface area contributed by atoms with Gasteiger partial charge in [0.05, 0.1) is 20.8 Å². The lowest BCUT2D eigenvalue weighted by atomic mass is 10.0. The number of likely N-dealkylation sites (N-methyl/N-ethyl adjacent to an activating group) is 1. The van der Waals surface area contributed by atoms with Gasteiger partial charge in [-0.25, -0.2) is 0 Å². The number of rotatable bonds is 7. The molecule has 1 fully saturated rings. The maximum atomic E-state index is 13.0. The minimum absolute atomic E-state index is 0.135. The minimum Gasteiger partial charge on any atom is -0.497 e. The van der Waals surface area contributed by atoms with Gasteiger partial charge < -0.3 is 14.4 Å². The molecule has 5 nitrogen and oxygen atoms in total. The average Bonchev–Trinajstić information content (AvgIpc) is 2.99. The van der Waals surface area contributed by atoms with Crippen molar-refractivity contribution in [2.45, 2.75) is 38.3 Å². The fraction of sp³-hybridized carbons (Fsp3) is 0.458. The van der Waals surface area contributed by atoms with Crippen LogP contribution in [0.5, 0.6) is 11.5 Å². The van der Waals surface area contributed by atoms with Gasteiger partial charge in [0.15, 0.2) is 0 Å². The molecule has 0 N–H and O–H groups in total. The van der Waals surface area contributed by atoms with Gasteiger partial charge in [0, 0.05) is 25.2 Å². The van der Waals surface area contributed by atoms with Crippen LogP contribution in [-0.4, -0.2) is 50.1 Å². The van der Waals surface area contributed by atoms with Gasteiger partial charge in [0.25, 0.3) is 0 Å². The first kappa shape index (κ1) is 21.2. The van der Waals surface area contributed by atoms with Crippen molar-refractivity contribution < 1.29 is 14.3 Å². The number of hydrogen-bond acceptors (Lipinski definition) is 4. The molecule has 29 heavy (non-hydrogen) atoms. The summed E-state index contributed by atoms with van der Waals surface area (Å²) in [4.78, 5) is 17.2. The molecule has 1 atom stereocenters. The smallest absolute Gasteiger partial charge is 0.236 e. The van der Waals surface area contributed by atoms with E-state index < -0.39 is 0 Å². The number of likely N-dealkylation sites (tertiary alicyclic amines) is 1. The zero-order chi connectivity index (χ0) is 20.6. The maximum absolute atomic E-state index is 13.0. The molecule has 0 bridgehead atoms. The molecule has 3 rings (SSSR count). The van der Waals surface area contributed by atoms with Gasteiger partial charge in [-0.2, -0.15) is 0 Å². The third-order valence-corrected chi connectivity index (χ3v) is 5.73. The van der Waals surface area contributed by atoms with E-state index >= 15 is 0 Å². The van der Waals surface area contributed by atoms with Crippen LogP contribution in [0.15, 0.2) is 48.5 Å². The van der Waals surface area contributed by atoms with Crippen molar-refractivity contribution in [3.63, 3.8) is 0 Å². The molecule has 1 heterocycles. The number of amides is 1. The van der Waals surface area contributed by atoms with Gasteiger partial charge >= 0.3 is 0 Å². The van der Waals surface area contributed by atoms with E-state index in [4.69, 9.17) is 9.47 Å². The van der Waals surface area contributed by atoms with Crippen molar-refractivity contribution in [2.24, 2.45) is 0 Å². The summed E-state index contributed by atoms with van der Waals surface area (Å²) in [6.45, 7) is 1.93. The molecule has 5 heteroatoms. The topological polar surface area (TPSA) is 42.0 Å². The van der Waals surface area contributed by atoms with E-state index in [0.29, 0.717) is 13.1 Å². The first-order valence-corrected chi connectivity index (χ1v) is 10.4. The van der Waals surface area contributed by atoms with E-state index in [1.165, 1.54) is 18.4 Å². The summed E-state index contributed by atoms with van der Waals surface area (Å²) in [6, 6.07) is 16.4. The van der Waals surface area contributed by atoms with Gasteiger partial charge in [0.1, 0.15) is 11.5 Å². The molecule has 1 saturated heterocycles. The van der Waals surface area contributed by atoms with Gasteiger partial charge in [0.2, 0.25) is 5.91 Å². The molecule has 0 saturated carbocycles. The third-order valence-electron chi connectivity index (χ3n) is 5.73. The summed E-state index contributed by atoms with van der Waals surface area (Å²) in [7, 11) is 5.22. The van der Waals surface area contributed by atoms with E-state index in [0.717, 1.165) is 36.4 Å². The standard InChI is InChI=1S/C24H32N2O3/c1-25(17-20-9-6-7-11-23(20)29-3)24(27)18-26-16-8-4-5-10-22(26)19-12-14-21(28-2)15-13-19/h6-7,9,11-15,22H,4-5,8,10,16-18H2,1-3H3. The molecular formula is C24H32N2O3. The molecule has 1 aliphatic heterocycles. The largest absolute Gasteiger partial charge is 0.497 e. The number of nitrogens with zero attached hydrogens (tertiary/aromatic N) is 2. The summed E-state index contributed by atoms with van der Waals surface area (Å²) < 4.78 is 10.7. The van der Waals surface area contributed by atoms with Crippen molar-refractivity contribution in [1.82, 2.24) is 9.80 Å². The van der Waals surface area contributed by atoms with Crippen LogP contribution in [0.2, 0.25) is 0 Å². The van der Waals surface area contributed by atoms with Gasteiger partial charge in [-0.3, -0.25) is 9.69 Å². The molecule has 2 aromatic carbocycles. The van der Waals surface area contributed by atoms with Crippen LogP contribution in [-0.2, 0) is 11.3 Å². The fourth-order valence-corrected chi connectivity index (χ4v) is 4.03. The SMILES string of the molecule is COc1ccc(C2CCCCCN2CC(=O)N(C)Cc2ccccc2OC)cc1. The molecule has 0 spiro atoms. The second-order valence-corrected chi connectivity index (χ2v) is 7.67. The Morgan fingerprint density at radius 2 is 1.79 bits per heavy atom. The predicted molar refractivity (Wildman–Crippen MR) is 115 cm³/mol. The number of ether oxygens (including phenoxy) is 2. The minimum atomic E-state index is 0.135. The number of carbonyl (C=O) groups excluding carboxylic acids is 1. The van der Waals surface area contributed by atoms with Crippen LogP contribution in [0.25, 0.3) is 0 Å². The Balaban J connectivity index is 1.69. The highest BCUT2D eigenvalue weighted by atomic mass is 16.5. The van der Waals surface area contributed by atoms with Crippen LogP contribution in [0, 0.1) is 0 Å². The van der Waals surface area contributed by atoms with E-state index in [2.05, 4.69) is 17.0 Å². The normalized spacial score (nSPS) is 17.4. The molecule has 156 valence electrons. The Morgan fingerprint density at radius 3 is 2.52 bits per heavy atom. The number of hydrogen-bond donors (Lipinski definition) is 0. The molecule has 2 aromatic rings. The van der Waals surface area contributed by atoms with Crippen LogP contribution >= 0.6 is 0 Å². The van der Waals surface area contributed by atoms with E-state index in [-0.39, 0.29) is 11.9 Å². The quantitative estimate of drug-likeness (QED) is 0.701. The maximum Gasteiger partial charge on any atom is 0.236 e. The van der Waals surface area contributed by atoms with E-state index in [9.17, 15) is 4.79 Å². The van der Waals surface area contributed by atoms with Gasteiger partial charge in [-0.1, -0.05) is 43.2 Å². The Kier molecular flexibility index (Phi) is 7.53. The fourth-order valence-electron chi connectivity index (χ4n) is 4.03. The highest BCUT2D eigenvalue weighted by Gasteiger charge is 2.25. The molecule has 1 amide bonds. The predicted octanol–water partition coefficient (Wildman–Crippen LogP) is 4.28. The van der Waals surface area contributed by atoms with Crippen LogP contribution in [0.1, 0.15) is 42.9 Å². The monoisotopic (exact) mass is 396 g/mol. The molecule has 1 aliphatic rings. The molecule has 0 aromatic heterocycles. The zero-order valence-corrected chi connectivity index (χ0v) is 17.8. The lowest BCUT2D eigenvalue weighted by molar-refractivity contribution is -0.132. The third kappa shape index (κ3) is 5.51. The summed E-state index contributed by atoms with van der Waals surface area (Å²) in [5.41, 5.74) is 2.28. The van der Waals surface area contributed by atoms with Crippen molar-refractivity contribution in [1.29, 1.82) is 0 Å². The molecule has 0 radical (unpaired) electrons. The lowest BCUT2D eigenvalue weighted by Crippen LogP contribution is -2.40. The van der Waals surface area contributed by atoms with Crippen LogP contribution in [0.3, 0.4) is 0 Å². The van der Waals surface area contributed by atoms with Crippen molar-refractivity contribution in [3.05, 3.63) is 59.7 Å². The molecule has 1 unspecified atom stereocenters.